The van der Waals surface area contributed by atoms with Gasteiger partial charge in [0, 0.05) is 5.56 Å². The lowest BCUT2D eigenvalue weighted by atomic mass is 10.1. The Hall–Kier alpha value is -2.67. The van der Waals surface area contributed by atoms with E-state index in [2.05, 4.69) is 15.1 Å². The molecule has 2 N–H and O–H groups in total. The summed E-state index contributed by atoms with van der Waals surface area (Å²) < 4.78 is 24.4. The molecule has 6 nitrogen and oxygen atoms in total. The highest BCUT2D eigenvalue weighted by Crippen LogP contribution is 2.09. The minimum Gasteiger partial charge on any atom is -0.411 e. The molecule has 0 aliphatic rings. The van der Waals surface area contributed by atoms with E-state index in [1.54, 1.807) is 30.3 Å². The predicted molar refractivity (Wildman–Crippen MR) is 89.4 cm³/mol. The van der Waals surface area contributed by atoms with Crippen LogP contribution in [0, 0.1) is 6.92 Å². The molecule has 0 amide bonds. The zero-order chi connectivity index (χ0) is 16.9. The molecule has 0 spiro atoms. The molecule has 0 heterocycles. The Labute approximate surface area is 135 Å². The highest BCUT2D eigenvalue weighted by molar-refractivity contribution is 7.89. The lowest BCUT2D eigenvalue weighted by Gasteiger charge is -2.08. The van der Waals surface area contributed by atoms with E-state index in [0.717, 1.165) is 5.56 Å². The van der Waals surface area contributed by atoms with Crippen LogP contribution in [-0.4, -0.2) is 25.0 Å². The molecule has 0 radical (unpaired) electrons. The number of hydrogen-bond donors (Lipinski definition) is 2. The molecule has 2 aromatic rings. The van der Waals surface area contributed by atoms with Crippen molar-refractivity contribution in [3.8, 4) is 0 Å². The van der Waals surface area contributed by atoms with Gasteiger partial charge in [0.1, 0.15) is 11.4 Å². The van der Waals surface area contributed by atoms with Gasteiger partial charge in [0.2, 0.25) is 0 Å². The van der Waals surface area contributed by atoms with Crippen LogP contribution in [0.1, 0.15) is 18.1 Å². The van der Waals surface area contributed by atoms with Gasteiger partial charge < -0.3 is 5.21 Å². The van der Waals surface area contributed by atoms with E-state index in [1.165, 1.54) is 19.1 Å². The second-order valence-corrected chi connectivity index (χ2v) is 6.58. The average molecular weight is 331 g/mol. The minimum atomic E-state index is -3.79. The van der Waals surface area contributed by atoms with Crippen LogP contribution in [0.15, 0.2) is 69.7 Å². The fourth-order valence-electron chi connectivity index (χ4n) is 1.87. The quantitative estimate of drug-likeness (QED) is 0.501. The summed E-state index contributed by atoms with van der Waals surface area (Å²) in [6.07, 6.45) is 0. The van der Waals surface area contributed by atoms with E-state index in [4.69, 9.17) is 5.21 Å². The summed E-state index contributed by atoms with van der Waals surface area (Å²) in [5.74, 6) is 0. The molecular formula is C16H17N3O3S. The van der Waals surface area contributed by atoms with Gasteiger partial charge in [0.15, 0.2) is 0 Å². The van der Waals surface area contributed by atoms with Crippen molar-refractivity contribution in [1.29, 1.82) is 0 Å². The maximum Gasteiger partial charge on any atom is 0.276 e. The molecule has 0 saturated carbocycles. The van der Waals surface area contributed by atoms with Gasteiger partial charge in [-0.2, -0.15) is 18.4 Å². The normalized spacial score (nSPS) is 13.0. The van der Waals surface area contributed by atoms with Crippen LogP contribution in [0.3, 0.4) is 0 Å². The first-order valence-corrected chi connectivity index (χ1v) is 8.33. The molecule has 23 heavy (non-hydrogen) atoms. The minimum absolute atomic E-state index is 0.102. The fourth-order valence-corrected chi connectivity index (χ4v) is 2.70. The molecule has 2 rings (SSSR count). The Balaban J connectivity index is 2.37. The zero-order valence-electron chi connectivity index (χ0n) is 12.8. The Bertz CT molecular complexity index is 827. The van der Waals surface area contributed by atoms with Crippen molar-refractivity contribution in [2.24, 2.45) is 10.3 Å². The van der Waals surface area contributed by atoms with Crippen molar-refractivity contribution in [1.82, 2.24) is 4.83 Å². The number of oxime groups is 1. The molecule has 0 aromatic heterocycles. The topological polar surface area (TPSA) is 91.1 Å². The highest BCUT2D eigenvalue weighted by atomic mass is 32.2. The summed E-state index contributed by atoms with van der Waals surface area (Å²) in [6, 6.07) is 15.2. The van der Waals surface area contributed by atoms with E-state index in [1.807, 2.05) is 19.1 Å². The number of nitrogens with one attached hydrogen (secondary N) is 1. The Kier molecular flexibility index (Phi) is 5.13. The van der Waals surface area contributed by atoms with Gasteiger partial charge in [0.25, 0.3) is 10.0 Å². The number of hydrogen-bond acceptors (Lipinski definition) is 5. The smallest absolute Gasteiger partial charge is 0.276 e. The van der Waals surface area contributed by atoms with Crippen molar-refractivity contribution in [3.05, 3.63) is 65.7 Å². The van der Waals surface area contributed by atoms with Crippen molar-refractivity contribution >= 4 is 21.4 Å². The summed E-state index contributed by atoms with van der Waals surface area (Å²) in [7, 11) is -3.79. The maximum atomic E-state index is 12.2. The molecule has 2 aromatic carbocycles. The lowest BCUT2D eigenvalue weighted by molar-refractivity contribution is 0.320. The average Bonchev–Trinajstić information content (AvgIpc) is 2.57. The van der Waals surface area contributed by atoms with Crippen molar-refractivity contribution < 1.29 is 13.6 Å². The van der Waals surface area contributed by atoms with Gasteiger partial charge in [-0.15, -0.1) is 0 Å². The molecule has 120 valence electrons. The van der Waals surface area contributed by atoms with E-state index in [-0.39, 0.29) is 16.3 Å². The zero-order valence-corrected chi connectivity index (χ0v) is 13.6. The summed E-state index contributed by atoms with van der Waals surface area (Å²) in [5, 5.41) is 16.0. The Morgan fingerprint density at radius 1 is 1.04 bits per heavy atom. The SMILES string of the molecule is CC(=NO)C(=NNS(=O)(=O)c1ccccc1)c1ccc(C)cc1. The van der Waals surface area contributed by atoms with E-state index >= 15 is 0 Å². The van der Waals surface area contributed by atoms with Crippen LogP contribution in [0.25, 0.3) is 0 Å². The van der Waals surface area contributed by atoms with Crippen LogP contribution in [0.5, 0.6) is 0 Å². The van der Waals surface area contributed by atoms with Crippen LogP contribution in [-0.2, 0) is 10.0 Å². The second-order valence-electron chi connectivity index (χ2n) is 4.92. The second kappa shape index (κ2) is 7.06. The molecule has 0 aliphatic heterocycles. The fraction of sp³-hybridized carbons (Fsp3) is 0.125. The predicted octanol–water partition coefficient (Wildman–Crippen LogP) is 2.53. The summed E-state index contributed by atoms with van der Waals surface area (Å²) in [5.41, 5.74) is 2.13. The summed E-state index contributed by atoms with van der Waals surface area (Å²) in [4.78, 5) is 2.27. The number of rotatable bonds is 5. The third kappa shape index (κ3) is 4.17. The van der Waals surface area contributed by atoms with Gasteiger partial charge in [-0.3, -0.25) is 0 Å². The maximum absolute atomic E-state index is 12.2. The first kappa shape index (κ1) is 16.7. The first-order chi connectivity index (χ1) is 10.9. The molecule has 0 bridgehead atoms. The summed E-state index contributed by atoms with van der Waals surface area (Å²) >= 11 is 0. The molecule has 0 aliphatic carbocycles. The third-order valence-electron chi connectivity index (χ3n) is 3.15. The van der Waals surface area contributed by atoms with Crippen LogP contribution < -0.4 is 4.83 Å². The Morgan fingerprint density at radius 2 is 1.65 bits per heavy atom. The number of aryl methyl sites for hydroxylation is 1. The number of sulfonamides is 1. The van der Waals surface area contributed by atoms with E-state index in [9.17, 15) is 8.42 Å². The number of hydrazone groups is 1. The van der Waals surface area contributed by atoms with Gasteiger partial charge in [-0.1, -0.05) is 53.2 Å². The van der Waals surface area contributed by atoms with Gasteiger partial charge in [-0.05, 0) is 26.0 Å². The molecule has 0 unspecified atom stereocenters. The molecular weight excluding hydrogens is 314 g/mol. The monoisotopic (exact) mass is 331 g/mol. The van der Waals surface area contributed by atoms with Gasteiger partial charge in [-0.25, -0.2) is 0 Å². The van der Waals surface area contributed by atoms with E-state index < -0.39 is 10.0 Å². The lowest BCUT2D eigenvalue weighted by Crippen LogP contribution is -2.23. The molecule has 7 heteroatoms. The van der Waals surface area contributed by atoms with Gasteiger partial charge >= 0.3 is 0 Å². The van der Waals surface area contributed by atoms with Gasteiger partial charge in [0.05, 0.1) is 4.90 Å². The van der Waals surface area contributed by atoms with E-state index in [0.29, 0.717) is 5.56 Å². The Morgan fingerprint density at radius 3 is 2.22 bits per heavy atom. The van der Waals surface area contributed by atoms with Crippen LogP contribution in [0.2, 0.25) is 0 Å². The number of nitrogens with zero attached hydrogens (tertiary/aromatic N) is 2. The highest BCUT2D eigenvalue weighted by Gasteiger charge is 2.14. The molecule has 0 fully saturated rings. The first-order valence-electron chi connectivity index (χ1n) is 6.84. The van der Waals surface area contributed by atoms with Crippen molar-refractivity contribution in [2.45, 2.75) is 18.7 Å². The standard InChI is InChI=1S/C16H17N3O3S/c1-12-8-10-14(11-9-12)16(13(2)18-20)17-19-23(21,22)15-6-4-3-5-7-15/h3-11,19-20H,1-2H3. The van der Waals surface area contributed by atoms with Crippen molar-refractivity contribution in [3.63, 3.8) is 0 Å². The molecule has 0 saturated heterocycles. The van der Waals surface area contributed by atoms with Crippen LogP contribution >= 0.6 is 0 Å². The summed E-state index contributed by atoms with van der Waals surface area (Å²) in [6.45, 7) is 3.47. The van der Waals surface area contributed by atoms with Crippen molar-refractivity contribution in [2.75, 3.05) is 0 Å². The van der Waals surface area contributed by atoms with Crippen LogP contribution in [0.4, 0.5) is 0 Å². The number of benzene rings is 2. The third-order valence-corrected chi connectivity index (χ3v) is 4.37. The largest absolute Gasteiger partial charge is 0.411 e. The molecule has 0 atom stereocenters.